The molecule has 0 fully saturated rings. The van der Waals surface area contributed by atoms with Crippen molar-refractivity contribution in [2.75, 3.05) is 0 Å². The van der Waals surface area contributed by atoms with Gasteiger partial charge in [0.05, 0.1) is 6.10 Å². The molecule has 0 heterocycles. The van der Waals surface area contributed by atoms with Crippen LogP contribution in [0.1, 0.15) is 111 Å². The number of benzene rings is 2. The Morgan fingerprint density at radius 3 is 1.76 bits per heavy atom. The van der Waals surface area contributed by atoms with Gasteiger partial charge in [0, 0.05) is 17.5 Å². The van der Waals surface area contributed by atoms with Crippen LogP contribution in [0.15, 0.2) is 72.8 Å². The molecule has 1 atom stereocenters. The van der Waals surface area contributed by atoms with Crippen molar-refractivity contribution in [3.05, 3.63) is 83.9 Å². The lowest BCUT2D eigenvalue weighted by molar-refractivity contribution is -0.137. The fraction of sp³-hybridized carbons (Fsp3) is 0.469. The van der Waals surface area contributed by atoms with E-state index in [0.717, 1.165) is 51.4 Å². The number of carbonyl (C=O) groups is 3. The number of aliphatic hydroxyl groups excluding tert-OH is 1. The van der Waals surface area contributed by atoms with Crippen molar-refractivity contribution in [1.29, 1.82) is 0 Å². The van der Waals surface area contributed by atoms with Crippen LogP contribution in [-0.2, 0) is 4.79 Å². The molecule has 2 aromatic carbocycles. The van der Waals surface area contributed by atoms with Crippen LogP contribution in [0.4, 0.5) is 0 Å². The molecule has 0 radical (unpaired) electrons. The summed E-state index contributed by atoms with van der Waals surface area (Å²) >= 11 is 0. The molecule has 0 spiro atoms. The molecule has 2 aromatic rings. The first-order valence-corrected chi connectivity index (χ1v) is 13.7. The molecule has 0 unspecified atom stereocenters. The van der Waals surface area contributed by atoms with E-state index in [-0.39, 0.29) is 6.10 Å². The quantitative estimate of drug-likeness (QED) is 0.0926. The van der Waals surface area contributed by atoms with E-state index in [1.807, 2.05) is 12.1 Å². The second-order valence-corrected chi connectivity index (χ2v) is 9.30. The first kappa shape index (κ1) is 32.0. The summed E-state index contributed by atoms with van der Waals surface area (Å²) in [6.07, 6.45) is 17.4. The molecule has 0 saturated heterocycles. The number of hydrogen-bond acceptors (Lipinski definition) is 4. The van der Waals surface area contributed by atoms with E-state index in [9.17, 15) is 19.5 Å². The number of allylic oxidation sites excluding steroid dienone is 1. The minimum absolute atomic E-state index is 0.172. The summed E-state index contributed by atoms with van der Waals surface area (Å²) in [6.45, 7) is 2.20. The number of aliphatic carboxylic acids is 1. The number of carboxylic acid groups (broad SMARTS) is 1. The molecule has 5 heteroatoms. The summed E-state index contributed by atoms with van der Waals surface area (Å²) in [6, 6.07) is 17.2. The monoisotopic (exact) mass is 508 g/mol. The molecular formula is C32H44O5. The average Bonchev–Trinajstić information content (AvgIpc) is 2.92. The predicted molar refractivity (Wildman–Crippen MR) is 150 cm³/mol. The molecule has 2 rings (SSSR count). The van der Waals surface area contributed by atoms with Crippen LogP contribution < -0.4 is 0 Å². The lowest BCUT2D eigenvalue weighted by atomic mass is 10.0. The van der Waals surface area contributed by atoms with Crippen LogP contribution in [0.2, 0.25) is 0 Å². The lowest BCUT2D eigenvalue weighted by Gasteiger charge is -2.07. The van der Waals surface area contributed by atoms with Crippen LogP contribution >= 0.6 is 0 Å². The number of Topliss-reactive ketones (excluding diaryl/α,β-unsaturated/α-hetero) is 2. The average molecular weight is 509 g/mol. The molecule has 2 N–H and O–H groups in total. The van der Waals surface area contributed by atoms with Gasteiger partial charge < -0.3 is 10.2 Å². The van der Waals surface area contributed by atoms with Crippen LogP contribution in [0, 0.1) is 0 Å². The van der Waals surface area contributed by atoms with Gasteiger partial charge in [0.1, 0.15) is 0 Å². The van der Waals surface area contributed by atoms with Gasteiger partial charge >= 0.3 is 5.97 Å². The second-order valence-electron chi connectivity index (χ2n) is 9.30. The lowest BCUT2D eigenvalue weighted by Crippen LogP contribution is -2.14. The van der Waals surface area contributed by atoms with Gasteiger partial charge in [0.25, 0.3) is 0 Å². The molecule has 5 nitrogen and oxygen atoms in total. The van der Waals surface area contributed by atoms with Crippen LogP contribution in [-0.4, -0.2) is 33.9 Å². The Balaban J connectivity index is 0.000000381. The van der Waals surface area contributed by atoms with Crippen molar-refractivity contribution in [2.24, 2.45) is 0 Å². The molecule has 0 aliphatic rings. The van der Waals surface area contributed by atoms with Crippen molar-refractivity contribution in [1.82, 2.24) is 0 Å². The minimum atomic E-state index is -0.689. The third-order valence-electron chi connectivity index (χ3n) is 6.01. The second kappa shape index (κ2) is 21.1. The van der Waals surface area contributed by atoms with Crippen molar-refractivity contribution >= 4 is 17.5 Å². The zero-order valence-electron chi connectivity index (χ0n) is 22.3. The third kappa shape index (κ3) is 16.3. The van der Waals surface area contributed by atoms with Gasteiger partial charge in [-0.15, -0.1) is 0 Å². The smallest absolute Gasteiger partial charge is 0.303 e. The number of unbranched alkanes of at least 4 members (excludes halogenated alkanes) is 8. The van der Waals surface area contributed by atoms with Gasteiger partial charge in [-0.05, 0) is 32.1 Å². The Morgan fingerprint density at radius 1 is 0.703 bits per heavy atom. The number of carbonyl (C=O) groups excluding carboxylic acids is 2. The highest BCUT2D eigenvalue weighted by atomic mass is 16.4. The highest BCUT2D eigenvalue weighted by molar-refractivity contribution is 6.49. The minimum Gasteiger partial charge on any atom is -0.481 e. The number of carboxylic acids is 1. The van der Waals surface area contributed by atoms with E-state index in [1.54, 1.807) is 48.5 Å². The normalized spacial score (nSPS) is 11.5. The van der Waals surface area contributed by atoms with E-state index in [1.165, 1.54) is 25.7 Å². The fourth-order valence-electron chi connectivity index (χ4n) is 3.81. The number of rotatable bonds is 18. The first-order chi connectivity index (χ1) is 18.0. The third-order valence-corrected chi connectivity index (χ3v) is 6.01. The van der Waals surface area contributed by atoms with Gasteiger partial charge in [-0.3, -0.25) is 14.4 Å². The van der Waals surface area contributed by atoms with Crippen molar-refractivity contribution in [2.45, 2.75) is 96.5 Å². The molecule has 202 valence electrons. The van der Waals surface area contributed by atoms with E-state index < -0.39 is 17.5 Å². The van der Waals surface area contributed by atoms with Gasteiger partial charge in [0.15, 0.2) is 0 Å². The van der Waals surface area contributed by atoms with Crippen LogP contribution in [0.25, 0.3) is 0 Å². The van der Waals surface area contributed by atoms with Gasteiger partial charge in [-0.1, -0.05) is 125 Å². The Kier molecular flexibility index (Phi) is 18.2. The molecule has 37 heavy (non-hydrogen) atoms. The highest BCUT2D eigenvalue weighted by Gasteiger charge is 2.17. The summed E-state index contributed by atoms with van der Waals surface area (Å²) in [5, 5.41) is 18.3. The predicted octanol–water partition coefficient (Wildman–Crippen LogP) is 7.83. The summed E-state index contributed by atoms with van der Waals surface area (Å²) in [4.78, 5) is 33.9. The molecule has 0 saturated carbocycles. The molecule has 0 aromatic heterocycles. The number of aliphatic hydroxyl groups is 1. The van der Waals surface area contributed by atoms with Gasteiger partial charge in [0.2, 0.25) is 11.6 Å². The molecular weight excluding hydrogens is 464 g/mol. The Hall–Kier alpha value is -3.05. The van der Waals surface area contributed by atoms with E-state index >= 15 is 0 Å². The van der Waals surface area contributed by atoms with Crippen molar-refractivity contribution < 1.29 is 24.6 Å². The summed E-state index contributed by atoms with van der Waals surface area (Å²) in [5.41, 5.74) is 0.854. The molecule has 0 amide bonds. The Morgan fingerprint density at radius 2 is 1.22 bits per heavy atom. The maximum atomic E-state index is 11.8. The van der Waals surface area contributed by atoms with E-state index in [0.29, 0.717) is 17.5 Å². The van der Waals surface area contributed by atoms with Gasteiger partial charge in [-0.25, -0.2) is 0 Å². The molecule has 0 aliphatic carbocycles. The van der Waals surface area contributed by atoms with Crippen LogP contribution in [0.3, 0.4) is 0 Å². The maximum Gasteiger partial charge on any atom is 0.303 e. The standard InChI is InChI=1S/C18H34O3.C14H10O2/c1-2-3-4-11-14-17(19)15-12-9-7-5-6-8-10-13-16-18(20)21;15-13(11-7-3-1-4-8-11)14(16)12-9-5-2-6-10-12/h9,12,17,19H,2-8,10-11,13-16H2,1H3,(H,20,21);1-10H/b12-9-;/t17-;/m1./s1. The number of hydrogen-bond donors (Lipinski definition) is 2. The van der Waals surface area contributed by atoms with E-state index in [4.69, 9.17) is 5.11 Å². The summed E-state index contributed by atoms with van der Waals surface area (Å²) in [5.74, 6) is -1.62. The highest BCUT2D eigenvalue weighted by Crippen LogP contribution is 2.11. The Bertz CT molecular complexity index is 856. The largest absolute Gasteiger partial charge is 0.481 e. The van der Waals surface area contributed by atoms with Crippen LogP contribution in [0.5, 0.6) is 0 Å². The zero-order chi connectivity index (χ0) is 27.1. The molecule has 0 aliphatic heterocycles. The van der Waals surface area contributed by atoms with Crippen molar-refractivity contribution in [3.8, 4) is 0 Å². The number of ketones is 2. The zero-order valence-corrected chi connectivity index (χ0v) is 22.3. The van der Waals surface area contributed by atoms with Gasteiger partial charge in [-0.2, -0.15) is 0 Å². The van der Waals surface area contributed by atoms with Crippen molar-refractivity contribution in [3.63, 3.8) is 0 Å². The SMILES string of the molecule is CCCCCC[C@@H](O)C/C=C\CCCCCCCC(=O)O.O=C(C(=O)c1ccccc1)c1ccccc1. The maximum absolute atomic E-state index is 11.8. The fourth-order valence-corrected chi connectivity index (χ4v) is 3.81. The molecule has 0 bridgehead atoms. The Labute approximate surface area is 222 Å². The first-order valence-electron chi connectivity index (χ1n) is 13.7. The topological polar surface area (TPSA) is 91.7 Å². The summed E-state index contributed by atoms with van der Waals surface area (Å²) < 4.78 is 0. The van der Waals surface area contributed by atoms with E-state index in [2.05, 4.69) is 19.1 Å². The summed E-state index contributed by atoms with van der Waals surface area (Å²) in [7, 11) is 0.